The Balaban J connectivity index is 1.29. The summed E-state index contributed by atoms with van der Waals surface area (Å²) in [6.45, 7) is 12.9. The van der Waals surface area contributed by atoms with Crippen molar-refractivity contribution in [3.8, 4) is 11.1 Å². The standard InChI is InChI=1S/C26H34N2O2/c1-20-16-22(21-8-6-5-7-9-21)10-11-23(20)17-27-14-12-26(13-15-27)18-28(19-26)24(29)30-25(2,3)4/h5-11,16H,12-15,17-19H2,1-4H3. The molecular formula is C26H34N2O2. The molecule has 2 aromatic rings. The van der Waals surface area contributed by atoms with E-state index < -0.39 is 5.60 Å². The van der Waals surface area contributed by atoms with Crippen molar-refractivity contribution in [2.24, 2.45) is 5.41 Å². The van der Waals surface area contributed by atoms with Gasteiger partial charge in [0, 0.05) is 25.0 Å². The van der Waals surface area contributed by atoms with Gasteiger partial charge in [-0.1, -0.05) is 48.5 Å². The van der Waals surface area contributed by atoms with Crippen LogP contribution in [0.15, 0.2) is 48.5 Å². The Kier molecular flexibility index (Phi) is 5.63. The smallest absolute Gasteiger partial charge is 0.410 e. The molecule has 1 amide bonds. The van der Waals surface area contributed by atoms with Crippen molar-refractivity contribution in [3.05, 3.63) is 59.7 Å². The van der Waals surface area contributed by atoms with E-state index in [0.717, 1.165) is 45.6 Å². The number of hydrogen-bond acceptors (Lipinski definition) is 3. The number of benzene rings is 2. The van der Waals surface area contributed by atoms with Crippen molar-refractivity contribution in [1.29, 1.82) is 0 Å². The van der Waals surface area contributed by atoms with E-state index in [0.29, 0.717) is 5.41 Å². The molecule has 0 N–H and O–H groups in total. The average Bonchev–Trinajstić information content (AvgIpc) is 2.68. The van der Waals surface area contributed by atoms with E-state index >= 15 is 0 Å². The Hall–Kier alpha value is -2.33. The number of rotatable bonds is 3. The van der Waals surface area contributed by atoms with E-state index in [1.165, 1.54) is 22.3 Å². The van der Waals surface area contributed by atoms with Gasteiger partial charge in [0.05, 0.1) is 0 Å². The summed E-state index contributed by atoms with van der Waals surface area (Å²) in [6, 6.07) is 17.4. The van der Waals surface area contributed by atoms with Gasteiger partial charge in [0.15, 0.2) is 0 Å². The summed E-state index contributed by atoms with van der Waals surface area (Å²) < 4.78 is 5.51. The number of piperidine rings is 1. The van der Waals surface area contributed by atoms with Gasteiger partial charge in [0.2, 0.25) is 0 Å². The molecule has 0 radical (unpaired) electrons. The molecule has 0 atom stereocenters. The van der Waals surface area contributed by atoms with Crippen molar-refractivity contribution >= 4 is 6.09 Å². The van der Waals surface area contributed by atoms with Crippen LogP contribution in [-0.2, 0) is 11.3 Å². The molecule has 4 heteroatoms. The molecule has 0 unspecified atom stereocenters. The number of likely N-dealkylation sites (tertiary alicyclic amines) is 2. The second-order valence-electron chi connectivity index (χ2n) is 10.1. The molecular weight excluding hydrogens is 372 g/mol. The second-order valence-corrected chi connectivity index (χ2v) is 10.1. The highest BCUT2D eigenvalue weighted by molar-refractivity contribution is 5.69. The van der Waals surface area contributed by atoms with Crippen LogP contribution in [0, 0.1) is 12.3 Å². The molecule has 0 saturated carbocycles. The number of hydrogen-bond donors (Lipinski definition) is 0. The Morgan fingerprint density at radius 3 is 2.27 bits per heavy atom. The summed E-state index contributed by atoms with van der Waals surface area (Å²) in [5, 5.41) is 0. The third-order valence-electron chi connectivity index (χ3n) is 6.46. The van der Waals surface area contributed by atoms with Gasteiger partial charge in [-0.15, -0.1) is 0 Å². The molecule has 2 saturated heterocycles. The molecule has 160 valence electrons. The molecule has 30 heavy (non-hydrogen) atoms. The van der Waals surface area contributed by atoms with Gasteiger partial charge in [-0.05, 0) is 75.9 Å². The van der Waals surface area contributed by atoms with Crippen LogP contribution in [0.3, 0.4) is 0 Å². The van der Waals surface area contributed by atoms with Crippen LogP contribution >= 0.6 is 0 Å². The maximum atomic E-state index is 12.2. The Labute approximate surface area is 180 Å². The van der Waals surface area contributed by atoms with Crippen LogP contribution in [0.25, 0.3) is 11.1 Å². The number of carbonyl (C=O) groups excluding carboxylic acids is 1. The van der Waals surface area contributed by atoms with Crippen LogP contribution in [0.1, 0.15) is 44.7 Å². The first-order chi connectivity index (χ1) is 14.2. The first kappa shape index (κ1) is 20.9. The lowest BCUT2D eigenvalue weighted by atomic mass is 9.72. The van der Waals surface area contributed by atoms with Crippen molar-refractivity contribution < 1.29 is 9.53 Å². The van der Waals surface area contributed by atoms with E-state index in [2.05, 4.69) is 60.4 Å². The lowest BCUT2D eigenvalue weighted by Gasteiger charge is -2.53. The number of carbonyl (C=O) groups is 1. The van der Waals surface area contributed by atoms with Crippen LogP contribution in [0.4, 0.5) is 4.79 Å². The minimum absolute atomic E-state index is 0.162. The van der Waals surface area contributed by atoms with E-state index in [-0.39, 0.29) is 6.09 Å². The summed E-state index contributed by atoms with van der Waals surface area (Å²) in [4.78, 5) is 16.7. The number of ether oxygens (including phenoxy) is 1. The molecule has 0 aliphatic carbocycles. The fourth-order valence-corrected chi connectivity index (χ4v) is 4.65. The molecule has 1 spiro atoms. The molecule has 0 aromatic heterocycles. The first-order valence-electron chi connectivity index (χ1n) is 11.1. The summed E-state index contributed by atoms with van der Waals surface area (Å²) >= 11 is 0. The van der Waals surface area contributed by atoms with Crippen molar-refractivity contribution in [3.63, 3.8) is 0 Å². The average molecular weight is 407 g/mol. The van der Waals surface area contributed by atoms with Gasteiger partial charge < -0.3 is 9.64 Å². The molecule has 2 aliphatic rings. The van der Waals surface area contributed by atoms with Gasteiger partial charge in [-0.2, -0.15) is 0 Å². The molecule has 2 aliphatic heterocycles. The highest BCUT2D eigenvalue weighted by atomic mass is 16.6. The van der Waals surface area contributed by atoms with Crippen LogP contribution in [0.2, 0.25) is 0 Å². The van der Waals surface area contributed by atoms with Crippen LogP contribution in [0.5, 0.6) is 0 Å². The first-order valence-corrected chi connectivity index (χ1v) is 11.1. The Bertz CT molecular complexity index is 885. The lowest BCUT2D eigenvalue weighted by molar-refractivity contribution is -0.0601. The highest BCUT2D eigenvalue weighted by Crippen LogP contribution is 2.41. The SMILES string of the molecule is Cc1cc(-c2ccccc2)ccc1CN1CCC2(CC1)CN(C(=O)OC(C)(C)C)C2. The zero-order valence-electron chi connectivity index (χ0n) is 18.8. The fourth-order valence-electron chi connectivity index (χ4n) is 4.65. The maximum absolute atomic E-state index is 12.2. The topological polar surface area (TPSA) is 32.8 Å². The van der Waals surface area contributed by atoms with E-state index in [1.807, 2.05) is 25.7 Å². The minimum atomic E-state index is -0.420. The van der Waals surface area contributed by atoms with E-state index in [4.69, 9.17) is 4.74 Å². The van der Waals surface area contributed by atoms with Crippen molar-refractivity contribution in [1.82, 2.24) is 9.80 Å². The quantitative estimate of drug-likeness (QED) is 0.675. The summed E-state index contributed by atoms with van der Waals surface area (Å²) in [7, 11) is 0. The molecule has 4 nitrogen and oxygen atoms in total. The largest absolute Gasteiger partial charge is 0.444 e. The van der Waals surface area contributed by atoms with Crippen LogP contribution < -0.4 is 0 Å². The normalized spacial score (nSPS) is 18.9. The number of amides is 1. The molecule has 0 bridgehead atoms. The minimum Gasteiger partial charge on any atom is -0.444 e. The number of nitrogens with zero attached hydrogens (tertiary/aromatic N) is 2. The van der Waals surface area contributed by atoms with Gasteiger partial charge in [0.1, 0.15) is 5.60 Å². The molecule has 4 rings (SSSR count). The Morgan fingerprint density at radius 1 is 1.00 bits per heavy atom. The Morgan fingerprint density at radius 2 is 1.67 bits per heavy atom. The third kappa shape index (κ3) is 4.70. The van der Waals surface area contributed by atoms with E-state index in [1.54, 1.807) is 0 Å². The molecule has 2 fully saturated rings. The zero-order valence-corrected chi connectivity index (χ0v) is 18.8. The van der Waals surface area contributed by atoms with E-state index in [9.17, 15) is 4.79 Å². The highest BCUT2D eigenvalue weighted by Gasteiger charge is 2.47. The zero-order chi connectivity index (χ0) is 21.4. The monoisotopic (exact) mass is 406 g/mol. The van der Waals surface area contributed by atoms with Crippen molar-refractivity contribution in [2.45, 2.75) is 52.7 Å². The summed E-state index contributed by atoms with van der Waals surface area (Å²) in [6.07, 6.45) is 2.16. The fraction of sp³-hybridized carbons (Fsp3) is 0.500. The lowest BCUT2D eigenvalue weighted by Crippen LogP contribution is -2.62. The number of aryl methyl sites for hydroxylation is 1. The maximum Gasteiger partial charge on any atom is 0.410 e. The molecule has 2 aromatic carbocycles. The van der Waals surface area contributed by atoms with Gasteiger partial charge >= 0.3 is 6.09 Å². The summed E-state index contributed by atoms with van der Waals surface area (Å²) in [5.74, 6) is 0. The van der Waals surface area contributed by atoms with Gasteiger partial charge in [-0.25, -0.2) is 4.79 Å². The third-order valence-corrected chi connectivity index (χ3v) is 6.46. The van der Waals surface area contributed by atoms with Gasteiger partial charge in [0.25, 0.3) is 0 Å². The molecule has 2 heterocycles. The summed E-state index contributed by atoms with van der Waals surface area (Å²) in [5.41, 5.74) is 5.21. The van der Waals surface area contributed by atoms with Crippen molar-refractivity contribution in [2.75, 3.05) is 26.2 Å². The van der Waals surface area contributed by atoms with Crippen LogP contribution in [-0.4, -0.2) is 47.7 Å². The predicted octanol–water partition coefficient (Wildman–Crippen LogP) is 5.49. The van der Waals surface area contributed by atoms with Gasteiger partial charge in [-0.3, -0.25) is 4.90 Å². The predicted molar refractivity (Wildman–Crippen MR) is 121 cm³/mol. The second kappa shape index (κ2) is 8.07.